The Hall–Kier alpha value is -2.10. The van der Waals surface area contributed by atoms with E-state index < -0.39 is 0 Å². The third-order valence-electron chi connectivity index (χ3n) is 5.43. The first kappa shape index (κ1) is 16.1. The van der Waals surface area contributed by atoms with Gasteiger partial charge in [-0.2, -0.15) is 0 Å². The zero-order valence-electron chi connectivity index (χ0n) is 14.1. The molecular weight excluding hydrogens is 365 g/mol. The molecule has 130 valence electrons. The van der Waals surface area contributed by atoms with E-state index in [0.29, 0.717) is 5.15 Å². The molecule has 1 aromatic carbocycles. The lowest BCUT2D eigenvalue weighted by Gasteiger charge is -2.27. The summed E-state index contributed by atoms with van der Waals surface area (Å²) in [5.74, 6) is 0.737. The van der Waals surface area contributed by atoms with Crippen LogP contribution in [0.15, 0.2) is 48.9 Å². The quantitative estimate of drug-likeness (QED) is 0.386. The molecule has 1 fully saturated rings. The van der Waals surface area contributed by atoms with Gasteiger partial charge >= 0.3 is 0 Å². The van der Waals surface area contributed by atoms with Crippen LogP contribution in [0, 0.1) is 5.92 Å². The van der Waals surface area contributed by atoms with Gasteiger partial charge in [0, 0.05) is 45.9 Å². The van der Waals surface area contributed by atoms with Crippen LogP contribution >= 0.6 is 23.2 Å². The number of nitrogens with zero attached hydrogens (tertiary/aromatic N) is 3. The summed E-state index contributed by atoms with van der Waals surface area (Å²) in [5.41, 5.74) is 4.48. The van der Waals surface area contributed by atoms with Gasteiger partial charge in [0.15, 0.2) is 0 Å². The van der Waals surface area contributed by atoms with Crippen LogP contribution in [0.4, 0.5) is 0 Å². The van der Waals surface area contributed by atoms with E-state index in [2.05, 4.69) is 26.7 Å². The first-order valence-electron chi connectivity index (χ1n) is 8.88. The molecule has 1 aliphatic carbocycles. The molecular formula is C21H17Cl2N3. The lowest BCUT2D eigenvalue weighted by Crippen LogP contribution is -2.18. The van der Waals surface area contributed by atoms with Crippen molar-refractivity contribution in [2.45, 2.75) is 25.8 Å². The largest absolute Gasteiger partial charge is 0.338 e. The maximum absolute atomic E-state index is 6.49. The van der Waals surface area contributed by atoms with E-state index in [0.717, 1.165) is 28.6 Å². The van der Waals surface area contributed by atoms with E-state index in [4.69, 9.17) is 23.2 Å². The topological polar surface area (TPSA) is 30.7 Å². The average Bonchev–Trinajstić information content (AvgIpc) is 2.92. The van der Waals surface area contributed by atoms with E-state index in [-0.39, 0.29) is 0 Å². The summed E-state index contributed by atoms with van der Waals surface area (Å²) >= 11 is 12.5. The molecule has 5 rings (SSSR count). The van der Waals surface area contributed by atoms with Crippen LogP contribution in [0.2, 0.25) is 10.2 Å². The monoisotopic (exact) mass is 381 g/mol. The number of pyridine rings is 2. The molecule has 5 heteroatoms. The number of benzene rings is 1. The van der Waals surface area contributed by atoms with E-state index >= 15 is 0 Å². The Labute approximate surface area is 161 Å². The number of rotatable bonds is 3. The molecule has 0 radical (unpaired) electrons. The molecule has 3 heterocycles. The molecule has 0 aliphatic heterocycles. The van der Waals surface area contributed by atoms with Gasteiger partial charge < -0.3 is 4.57 Å². The van der Waals surface area contributed by atoms with Crippen LogP contribution in [0.25, 0.3) is 32.9 Å². The van der Waals surface area contributed by atoms with Gasteiger partial charge in [-0.15, -0.1) is 0 Å². The summed E-state index contributed by atoms with van der Waals surface area (Å²) < 4.78 is 2.42. The second-order valence-electron chi connectivity index (χ2n) is 7.02. The summed E-state index contributed by atoms with van der Waals surface area (Å²) in [6.45, 7) is 1.02. The van der Waals surface area contributed by atoms with Crippen LogP contribution in [0.1, 0.15) is 19.3 Å². The van der Waals surface area contributed by atoms with Gasteiger partial charge in [0.25, 0.3) is 0 Å². The highest BCUT2D eigenvalue weighted by atomic mass is 35.5. The predicted molar refractivity (Wildman–Crippen MR) is 108 cm³/mol. The fraction of sp³-hybridized carbons (Fsp3) is 0.238. The molecule has 0 spiro atoms. The van der Waals surface area contributed by atoms with Crippen molar-refractivity contribution in [3.05, 3.63) is 59.1 Å². The second-order valence-corrected chi connectivity index (χ2v) is 7.84. The Morgan fingerprint density at radius 3 is 2.65 bits per heavy atom. The lowest BCUT2D eigenvalue weighted by molar-refractivity contribution is 0.282. The summed E-state index contributed by atoms with van der Waals surface area (Å²) in [4.78, 5) is 8.64. The standard InChI is InChI=1S/C21H17Cl2N3/c22-15-8-17(14-4-5-20(23)25-10-14)21-18(9-15)16-6-7-24-11-19(16)26(21)12-13-2-1-3-13/h4-11,13H,1-3,12H2. The van der Waals surface area contributed by atoms with Gasteiger partial charge in [0.1, 0.15) is 5.15 Å². The van der Waals surface area contributed by atoms with Gasteiger partial charge in [0.05, 0.1) is 17.2 Å². The summed E-state index contributed by atoms with van der Waals surface area (Å²) in [6, 6.07) is 9.99. The highest BCUT2D eigenvalue weighted by Gasteiger charge is 2.22. The number of hydrogen-bond acceptors (Lipinski definition) is 2. The van der Waals surface area contributed by atoms with Crippen molar-refractivity contribution in [3.63, 3.8) is 0 Å². The van der Waals surface area contributed by atoms with Crippen LogP contribution in [0.5, 0.6) is 0 Å². The predicted octanol–water partition coefficient (Wildman–Crippen LogP) is 6.36. The second kappa shape index (κ2) is 6.26. The minimum absolute atomic E-state index is 0.492. The Bertz CT molecular complexity index is 1110. The number of halogens is 2. The molecule has 1 saturated carbocycles. The number of fused-ring (bicyclic) bond motifs is 3. The van der Waals surface area contributed by atoms with Gasteiger partial charge in [0.2, 0.25) is 0 Å². The highest BCUT2D eigenvalue weighted by molar-refractivity contribution is 6.33. The van der Waals surface area contributed by atoms with Crippen molar-refractivity contribution in [1.82, 2.24) is 14.5 Å². The van der Waals surface area contributed by atoms with E-state index in [9.17, 15) is 0 Å². The van der Waals surface area contributed by atoms with Crippen molar-refractivity contribution in [2.75, 3.05) is 0 Å². The molecule has 1 aliphatic rings. The first-order valence-corrected chi connectivity index (χ1v) is 9.64. The molecule has 3 aromatic heterocycles. The zero-order valence-corrected chi connectivity index (χ0v) is 15.6. The van der Waals surface area contributed by atoms with Crippen molar-refractivity contribution in [3.8, 4) is 11.1 Å². The maximum Gasteiger partial charge on any atom is 0.129 e. The molecule has 0 bridgehead atoms. The SMILES string of the molecule is Clc1cc(-c2ccc(Cl)nc2)c2c(c1)c1ccncc1n2CC1CCC1. The molecule has 0 amide bonds. The molecule has 0 N–H and O–H groups in total. The van der Waals surface area contributed by atoms with E-state index in [1.54, 1.807) is 0 Å². The molecule has 26 heavy (non-hydrogen) atoms. The van der Waals surface area contributed by atoms with E-state index in [1.165, 1.54) is 41.1 Å². The lowest BCUT2D eigenvalue weighted by atomic mass is 9.85. The Balaban J connectivity index is 1.85. The molecule has 4 aromatic rings. The number of hydrogen-bond donors (Lipinski definition) is 0. The third-order valence-corrected chi connectivity index (χ3v) is 5.87. The van der Waals surface area contributed by atoms with Crippen LogP contribution in [-0.4, -0.2) is 14.5 Å². The minimum Gasteiger partial charge on any atom is -0.338 e. The number of aromatic nitrogens is 3. The zero-order chi connectivity index (χ0) is 17.7. The average molecular weight is 382 g/mol. The maximum atomic E-state index is 6.49. The first-order chi connectivity index (χ1) is 12.7. The summed E-state index contributed by atoms with van der Waals surface area (Å²) in [5, 5.41) is 3.58. The fourth-order valence-corrected chi connectivity index (χ4v) is 4.25. The minimum atomic E-state index is 0.492. The normalized spacial score (nSPS) is 14.8. The molecule has 0 atom stereocenters. The van der Waals surface area contributed by atoms with Gasteiger partial charge in [-0.3, -0.25) is 4.98 Å². The van der Waals surface area contributed by atoms with E-state index in [1.807, 2.05) is 36.8 Å². The summed E-state index contributed by atoms with van der Waals surface area (Å²) in [6.07, 6.45) is 9.56. The van der Waals surface area contributed by atoms with Crippen molar-refractivity contribution >= 4 is 45.0 Å². The molecule has 0 saturated heterocycles. The van der Waals surface area contributed by atoms with Crippen molar-refractivity contribution < 1.29 is 0 Å². The van der Waals surface area contributed by atoms with Crippen LogP contribution in [0.3, 0.4) is 0 Å². The molecule has 3 nitrogen and oxygen atoms in total. The summed E-state index contributed by atoms with van der Waals surface area (Å²) in [7, 11) is 0. The van der Waals surface area contributed by atoms with Gasteiger partial charge in [-0.05, 0) is 49.1 Å². The Morgan fingerprint density at radius 2 is 1.92 bits per heavy atom. The smallest absolute Gasteiger partial charge is 0.129 e. The third kappa shape index (κ3) is 2.58. The van der Waals surface area contributed by atoms with Crippen LogP contribution < -0.4 is 0 Å². The van der Waals surface area contributed by atoms with Crippen molar-refractivity contribution in [2.24, 2.45) is 5.92 Å². The van der Waals surface area contributed by atoms with Gasteiger partial charge in [-0.25, -0.2) is 4.98 Å². The fourth-order valence-electron chi connectivity index (χ4n) is 3.92. The Kier molecular flexibility index (Phi) is 3.87. The Morgan fingerprint density at radius 1 is 1.04 bits per heavy atom. The van der Waals surface area contributed by atoms with Crippen LogP contribution in [-0.2, 0) is 6.54 Å². The van der Waals surface area contributed by atoms with Gasteiger partial charge in [-0.1, -0.05) is 29.6 Å². The molecule has 0 unspecified atom stereocenters. The highest BCUT2D eigenvalue weighted by Crippen LogP contribution is 2.40. The van der Waals surface area contributed by atoms with Crippen molar-refractivity contribution in [1.29, 1.82) is 0 Å².